The lowest BCUT2D eigenvalue weighted by Crippen LogP contribution is -2.38. The van der Waals surface area contributed by atoms with Gasteiger partial charge in [-0.3, -0.25) is 9.59 Å². The molecule has 21 heavy (non-hydrogen) atoms. The molecular weight excluding hydrogens is 266 g/mol. The molecular formula is C16H23N3O2. The van der Waals surface area contributed by atoms with Gasteiger partial charge in [0.1, 0.15) is 0 Å². The molecule has 1 aromatic rings. The summed E-state index contributed by atoms with van der Waals surface area (Å²) in [5, 5.41) is 8.79. The summed E-state index contributed by atoms with van der Waals surface area (Å²) in [4.78, 5) is 23.6. The predicted octanol–water partition coefficient (Wildman–Crippen LogP) is 1.83. The highest BCUT2D eigenvalue weighted by molar-refractivity contribution is 5.98. The Morgan fingerprint density at radius 3 is 2.67 bits per heavy atom. The molecule has 0 unspecified atom stereocenters. The molecule has 1 aliphatic rings. The molecule has 0 atom stereocenters. The Balaban J connectivity index is 1.87. The zero-order valence-electron chi connectivity index (χ0n) is 12.7. The molecule has 3 N–H and O–H groups in total. The minimum atomic E-state index is -0.208. The van der Waals surface area contributed by atoms with Crippen LogP contribution in [0.5, 0.6) is 0 Å². The van der Waals surface area contributed by atoms with Gasteiger partial charge < -0.3 is 16.0 Å². The summed E-state index contributed by atoms with van der Waals surface area (Å²) in [5.41, 5.74) is 2.52. The second kappa shape index (κ2) is 7.11. The molecule has 0 aromatic heterocycles. The zero-order valence-corrected chi connectivity index (χ0v) is 12.7. The molecule has 1 saturated carbocycles. The van der Waals surface area contributed by atoms with E-state index in [4.69, 9.17) is 0 Å². The van der Waals surface area contributed by atoms with E-state index in [9.17, 15) is 9.59 Å². The molecule has 5 heteroatoms. The Morgan fingerprint density at radius 2 is 2.05 bits per heavy atom. The van der Waals surface area contributed by atoms with Crippen molar-refractivity contribution in [3.8, 4) is 0 Å². The monoisotopic (exact) mass is 289 g/mol. The number of rotatable bonds is 7. The summed E-state index contributed by atoms with van der Waals surface area (Å²) < 4.78 is 0. The molecule has 0 radical (unpaired) electrons. The highest BCUT2D eigenvalue weighted by atomic mass is 16.2. The van der Waals surface area contributed by atoms with Crippen molar-refractivity contribution in [1.82, 2.24) is 10.6 Å². The van der Waals surface area contributed by atoms with E-state index in [1.165, 1.54) is 0 Å². The maximum atomic E-state index is 12.1. The van der Waals surface area contributed by atoms with Gasteiger partial charge in [0.25, 0.3) is 5.91 Å². The third-order valence-corrected chi connectivity index (χ3v) is 3.40. The second-order valence-corrected chi connectivity index (χ2v) is 5.48. The van der Waals surface area contributed by atoms with Crippen LogP contribution in [0, 0.1) is 6.92 Å². The molecule has 0 spiro atoms. The number of aryl methyl sites for hydroxylation is 1. The molecule has 5 nitrogen and oxygen atoms in total. The van der Waals surface area contributed by atoms with E-state index >= 15 is 0 Å². The van der Waals surface area contributed by atoms with Gasteiger partial charge in [0.2, 0.25) is 5.91 Å². The number of anilines is 1. The SMILES string of the molecule is CCCNc1ccc(C(=O)NCC(=O)NC2CC2)c(C)c1. The van der Waals surface area contributed by atoms with Crippen LogP contribution in [0.4, 0.5) is 5.69 Å². The molecule has 1 aliphatic carbocycles. The third kappa shape index (κ3) is 4.77. The first kappa shape index (κ1) is 15.4. The molecule has 1 fully saturated rings. The molecule has 2 amide bonds. The minimum absolute atomic E-state index is 0.0324. The van der Waals surface area contributed by atoms with Gasteiger partial charge in [-0.15, -0.1) is 0 Å². The number of hydrogen-bond acceptors (Lipinski definition) is 3. The van der Waals surface area contributed by atoms with E-state index in [-0.39, 0.29) is 18.4 Å². The smallest absolute Gasteiger partial charge is 0.251 e. The van der Waals surface area contributed by atoms with E-state index in [0.29, 0.717) is 11.6 Å². The predicted molar refractivity (Wildman–Crippen MR) is 83.5 cm³/mol. The maximum absolute atomic E-state index is 12.1. The highest BCUT2D eigenvalue weighted by Crippen LogP contribution is 2.18. The standard InChI is InChI=1S/C16H23N3O2/c1-3-8-17-13-6-7-14(11(2)9-13)16(21)18-10-15(20)19-12-4-5-12/h6-7,9,12,17H,3-5,8,10H2,1-2H3,(H,18,21)(H,19,20). The maximum Gasteiger partial charge on any atom is 0.251 e. The van der Waals surface area contributed by atoms with Gasteiger partial charge in [-0.25, -0.2) is 0 Å². The quantitative estimate of drug-likeness (QED) is 0.717. The van der Waals surface area contributed by atoms with E-state index in [0.717, 1.165) is 37.1 Å². The van der Waals surface area contributed by atoms with Gasteiger partial charge in [0, 0.05) is 23.8 Å². The lowest BCUT2D eigenvalue weighted by molar-refractivity contribution is -0.120. The van der Waals surface area contributed by atoms with Crippen LogP contribution in [-0.2, 0) is 4.79 Å². The molecule has 1 aromatic carbocycles. The van der Waals surface area contributed by atoms with Crippen molar-refractivity contribution < 1.29 is 9.59 Å². The van der Waals surface area contributed by atoms with Crippen LogP contribution in [0.25, 0.3) is 0 Å². The van der Waals surface area contributed by atoms with Crippen LogP contribution in [-0.4, -0.2) is 30.9 Å². The molecule has 2 rings (SSSR count). The average molecular weight is 289 g/mol. The second-order valence-electron chi connectivity index (χ2n) is 5.48. The van der Waals surface area contributed by atoms with Crippen LogP contribution in [0.2, 0.25) is 0 Å². The fraction of sp³-hybridized carbons (Fsp3) is 0.500. The van der Waals surface area contributed by atoms with Crippen molar-refractivity contribution >= 4 is 17.5 Å². The summed E-state index contributed by atoms with van der Waals surface area (Å²) in [6.07, 6.45) is 3.15. The van der Waals surface area contributed by atoms with Gasteiger partial charge in [-0.05, 0) is 49.9 Å². The molecule has 114 valence electrons. The summed E-state index contributed by atoms with van der Waals surface area (Å²) in [5.74, 6) is -0.328. The summed E-state index contributed by atoms with van der Waals surface area (Å²) in [7, 11) is 0. The fourth-order valence-corrected chi connectivity index (χ4v) is 2.06. The van der Waals surface area contributed by atoms with Crippen LogP contribution in [0.1, 0.15) is 42.1 Å². The van der Waals surface area contributed by atoms with E-state index in [1.54, 1.807) is 6.07 Å². The number of carbonyl (C=O) groups excluding carboxylic acids is 2. The summed E-state index contributed by atoms with van der Waals surface area (Å²) in [6.45, 7) is 4.95. The zero-order chi connectivity index (χ0) is 15.2. The van der Waals surface area contributed by atoms with Crippen molar-refractivity contribution in [2.24, 2.45) is 0 Å². The van der Waals surface area contributed by atoms with Gasteiger partial charge in [0.05, 0.1) is 6.54 Å². The largest absolute Gasteiger partial charge is 0.385 e. The number of nitrogens with one attached hydrogen (secondary N) is 3. The molecule has 0 heterocycles. The normalized spacial score (nSPS) is 13.6. The van der Waals surface area contributed by atoms with Crippen LogP contribution in [0.15, 0.2) is 18.2 Å². The Morgan fingerprint density at radius 1 is 1.29 bits per heavy atom. The van der Waals surface area contributed by atoms with Crippen molar-refractivity contribution in [3.63, 3.8) is 0 Å². The lowest BCUT2D eigenvalue weighted by atomic mass is 10.1. The van der Waals surface area contributed by atoms with Crippen molar-refractivity contribution in [2.75, 3.05) is 18.4 Å². The lowest BCUT2D eigenvalue weighted by Gasteiger charge is -2.10. The number of hydrogen-bond donors (Lipinski definition) is 3. The number of benzene rings is 1. The Kier molecular flexibility index (Phi) is 5.20. The molecule has 0 saturated heterocycles. The van der Waals surface area contributed by atoms with E-state index in [1.807, 2.05) is 19.1 Å². The Hall–Kier alpha value is -2.04. The van der Waals surface area contributed by atoms with Crippen LogP contribution >= 0.6 is 0 Å². The van der Waals surface area contributed by atoms with Crippen molar-refractivity contribution in [2.45, 2.75) is 39.2 Å². The average Bonchev–Trinajstić information content (AvgIpc) is 3.26. The first-order chi connectivity index (χ1) is 10.1. The minimum Gasteiger partial charge on any atom is -0.385 e. The van der Waals surface area contributed by atoms with Crippen molar-refractivity contribution in [1.29, 1.82) is 0 Å². The summed E-state index contributed by atoms with van der Waals surface area (Å²) in [6, 6.07) is 5.96. The number of amides is 2. The first-order valence-electron chi connectivity index (χ1n) is 7.52. The topological polar surface area (TPSA) is 70.2 Å². The first-order valence-corrected chi connectivity index (χ1v) is 7.52. The molecule has 0 aliphatic heterocycles. The van der Waals surface area contributed by atoms with E-state index < -0.39 is 0 Å². The van der Waals surface area contributed by atoms with Gasteiger partial charge >= 0.3 is 0 Å². The van der Waals surface area contributed by atoms with Gasteiger partial charge in [-0.2, -0.15) is 0 Å². The van der Waals surface area contributed by atoms with Gasteiger partial charge in [0.15, 0.2) is 0 Å². The molecule has 0 bridgehead atoms. The fourth-order valence-electron chi connectivity index (χ4n) is 2.06. The highest BCUT2D eigenvalue weighted by Gasteiger charge is 2.23. The van der Waals surface area contributed by atoms with E-state index in [2.05, 4.69) is 22.9 Å². The third-order valence-electron chi connectivity index (χ3n) is 3.40. The van der Waals surface area contributed by atoms with Crippen molar-refractivity contribution in [3.05, 3.63) is 29.3 Å². The van der Waals surface area contributed by atoms with Crippen LogP contribution < -0.4 is 16.0 Å². The Labute approximate surface area is 125 Å². The van der Waals surface area contributed by atoms with Gasteiger partial charge in [-0.1, -0.05) is 6.92 Å². The number of carbonyl (C=O) groups is 2. The summed E-state index contributed by atoms with van der Waals surface area (Å²) >= 11 is 0. The van der Waals surface area contributed by atoms with Crippen LogP contribution in [0.3, 0.4) is 0 Å². The Bertz CT molecular complexity index is 524.